The standard InChI is InChI=1S/C20H20F3N5O/c21-20(22,23)19-24-6-5-18(26-19)27-9-12-7-16(17(29)8-13(12)10-27)28-11-25-14-3-1-2-4-15(14)28/h1-6,11-13,16-17,29H,7-10H2/t12-,13+,16-,17-/m1/s1. The lowest BCUT2D eigenvalue weighted by atomic mass is 9.77. The number of hydrogen-bond acceptors (Lipinski definition) is 5. The van der Waals surface area contributed by atoms with Crippen LogP contribution in [-0.4, -0.2) is 43.8 Å². The molecule has 29 heavy (non-hydrogen) atoms. The van der Waals surface area contributed by atoms with Gasteiger partial charge in [0.15, 0.2) is 0 Å². The van der Waals surface area contributed by atoms with Crippen molar-refractivity contribution in [1.29, 1.82) is 0 Å². The molecular weight excluding hydrogens is 383 g/mol. The number of imidazole rings is 1. The first-order chi connectivity index (χ1) is 13.9. The van der Waals surface area contributed by atoms with E-state index in [-0.39, 0.29) is 17.9 Å². The van der Waals surface area contributed by atoms with Crippen LogP contribution in [0.5, 0.6) is 0 Å². The Bertz CT molecular complexity index is 1040. The number of rotatable bonds is 2. The quantitative estimate of drug-likeness (QED) is 0.711. The number of aliphatic hydroxyl groups is 1. The SMILES string of the molecule is O[C@@H]1C[C@H]2CN(c3ccnc(C(F)(F)F)n3)C[C@H]2C[C@H]1n1cnc2ccccc21. The van der Waals surface area contributed by atoms with E-state index >= 15 is 0 Å². The first-order valence-electron chi connectivity index (χ1n) is 9.65. The van der Waals surface area contributed by atoms with Gasteiger partial charge in [-0.25, -0.2) is 15.0 Å². The number of benzene rings is 1. The van der Waals surface area contributed by atoms with E-state index in [9.17, 15) is 18.3 Å². The van der Waals surface area contributed by atoms with Crippen molar-refractivity contribution >= 4 is 16.9 Å². The van der Waals surface area contributed by atoms with Gasteiger partial charge in [-0.15, -0.1) is 0 Å². The van der Waals surface area contributed by atoms with Crippen LogP contribution in [0.4, 0.5) is 19.0 Å². The molecule has 0 spiro atoms. The monoisotopic (exact) mass is 403 g/mol. The number of halogens is 3. The summed E-state index contributed by atoms with van der Waals surface area (Å²) < 4.78 is 40.9. The van der Waals surface area contributed by atoms with Gasteiger partial charge in [0.25, 0.3) is 0 Å². The third-order valence-electron chi connectivity index (χ3n) is 6.17. The van der Waals surface area contributed by atoms with Gasteiger partial charge in [0.05, 0.1) is 29.5 Å². The molecule has 3 heterocycles. The Morgan fingerprint density at radius 2 is 1.76 bits per heavy atom. The van der Waals surface area contributed by atoms with Crippen molar-refractivity contribution in [3.8, 4) is 0 Å². The van der Waals surface area contributed by atoms with Crippen molar-refractivity contribution in [3.63, 3.8) is 0 Å². The third-order valence-corrected chi connectivity index (χ3v) is 6.17. The van der Waals surface area contributed by atoms with Gasteiger partial charge in [-0.1, -0.05) is 12.1 Å². The number of hydrogen-bond donors (Lipinski definition) is 1. The second-order valence-corrected chi connectivity index (χ2v) is 7.91. The summed E-state index contributed by atoms with van der Waals surface area (Å²) in [6.07, 6.45) is -0.805. The fourth-order valence-corrected chi connectivity index (χ4v) is 4.80. The average molecular weight is 403 g/mol. The smallest absolute Gasteiger partial charge is 0.391 e. The summed E-state index contributed by atoms with van der Waals surface area (Å²) in [7, 11) is 0. The number of para-hydroxylation sites is 2. The summed E-state index contributed by atoms with van der Waals surface area (Å²) in [6.45, 7) is 1.21. The first-order valence-corrected chi connectivity index (χ1v) is 9.65. The van der Waals surface area contributed by atoms with Gasteiger partial charge in [0.2, 0.25) is 5.82 Å². The minimum atomic E-state index is -4.56. The van der Waals surface area contributed by atoms with E-state index in [1.165, 1.54) is 6.07 Å². The van der Waals surface area contributed by atoms with Crippen LogP contribution in [-0.2, 0) is 6.18 Å². The van der Waals surface area contributed by atoms with E-state index in [2.05, 4.69) is 15.0 Å². The van der Waals surface area contributed by atoms with Crippen LogP contribution in [0.3, 0.4) is 0 Å². The highest BCUT2D eigenvalue weighted by Gasteiger charge is 2.43. The molecule has 6 nitrogen and oxygen atoms in total. The molecule has 9 heteroatoms. The molecule has 3 aromatic rings. The van der Waals surface area contributed by atoms with Gasteiger partial charge in [-0.2, -0.15) is 13.2 Å². The average Bonchev–Trinajstić information content (AvgIpc) is 3.30. The largest absolute Gasteiger partial charge is 0.451 e. The minimum Gasteiger partial charge on any atom is -0.391 e. The maximum Gasteiger partial charge on any atom is 0.451 e. The van der Waals surface area contributed by atoms with Gasteiger partial charge < -0.3 is 14.6 Å². The van der Waals surface area contributed by atoms with Crippen molar-refractivity contribution in [3.05, 3.63) is 48.7 Å². The zero-order valence-electron chi connectivity index (χ0n) is 15.5. The molecular formula is C20H20F3N5O. The molecule has 0 bridgehead atoms. The number of nitrogens with zero attached hydrogens (tertiary/aromatic N) is 5. The van der Waals surface area contributed by atoms with E-state index in [0.717, 1.165) is 23.7 Å². The van der Waals surface area contributed by atoms with Crippen LogP contribution >= 0.6 is 0 Å². The molecule has 5 rings (SSSR count). The molecule has 152 valence electrons. The topological polar surface area (TPSA) is 67.1 Å². The molecule has 0 radical (unpaired) electrons. The van der Waals surface area contributed by atoms with Gasteiger partial charge in [0, 0.05) is 19.3 Å². The fourth-order valence-electron chi connectivity index (χ4n) is 4.80. The van der Waals surface area contributed by atoms with E-state index in [0.29, 0.717) is 25.3 Å². The molecule has 0 amide bonds. The van der Waals surface area contributed by atoms with Crippen LogP contribution in [0.2, 0.25) is 0 Å². The molecule has 1 aromatic carbocycles. The van der Waals surface area contributed by atoms with Gasteiger partial charge in [-0.3, -0.25) is 0 Å². The lowest BCUT2D eigenvalue weighted by Gasteiger charge is -2.36. The number of aromatic nitrogens is 4. The lowest BCUT2D eigenvalue weighted by molar-refractivity contribution is -0.144. The highest BCUT2D eigenvalue weighted by atomic mass is 19.4. The van der Waals surface area contributed by atoms with Gasteiger partial charge in [-0.05, 0) is 42.9 Å². The Morgan fingerprint density at radius 3 is 2.55 bits per heavy atom. The first kappa shape index (κ1) is 18.4. The molecule has 1 aliphatic heterocycles. The molecule has 1 saturated heterocycles. The Labute approximate surface area is 165 Å². The summed E-state index contributed by atoms with van der Waals surface area (Å²) in [5.41, 5.74) is 1.87. The van der Waals surface area contributed by atoms with Gasteiger partial charge >= 0.3 is 6.18 Å². The molecule has 1 saturated carbocycles. The van der Waals surface area contributed by atoms with E-state index in [4.69, 9.17) is 0 Å². The zero-order chi connectivity index (χ0) is 20.2. The van der Waals surface area contributed by atoms with Crippen molar-refractivity contribution in [1.82, 2.24) is 19.5 Å². The highest BCUT2D eigenvalue weighted by Crippen LogP contribution is 2.43. The summed E-state index contributed by atoms with van der Waals surface area (Å²) in [4.78, 5) is 13.4. The number of alkyl halides is 3. The molecule has 2 fully saturated rings. The Balaban J connectivity index is 1.38. The summed E-state index contributed by atoms with van der Waals surface area (Å²) >= 11 is 0. The number of fused-ring (bicyclic) bond motifs is 2. The highest BCUT2D eigenvalue weighted by molar-refractivity contribution is 5.75. The maximum atomic E-state index is 13.0. The van der Waals surface area contributed by atoms with Crippen LogP contribution in [0.25, 0.3) is 11.0 Å². The molecule has 2 aliphatic rings. The van der Waals surface area contributed by atoms with Crippen molar-refractivity contribution < 1.29 is 18.3 Å². The molecule has 1 aliphatic carbocycles. The normalized spacial score (nSPS) is 27.4. The fraction of sp³-hybridized carbons (Fsp3) is 0.450. The minimum absolute atomic E-state index is 0.0975. The van der Waals surface area contributed by atoms with E-state index < -0.39 is 18.1 Å². The number of anilines is 1. The molecule has 0 unspecified atom stereocenters. The predicted octanol–water partition coefficient (Wildman–Crippen LogP) is 3.29. The molecule has 4 atom stereocenters. The van der Waals surface area contributed by atoms with E-state index in [1.807, 2.05) is 33.7 Å². The zero-order valence-corrected chi connectivity index (χ0v) is 15.5. The predicted molar refractivity (Wildman–Crippen MR) is 100 cm³/mol. The third kappa shape index (κ3) is 3.23. The Hall–Kier alpha value is -2.68. The lowest BCUT2D eigenvalue weighted by Crippen LogP contribution is -2.36. The Morgan fingerprint density at radius 1 is 1.00 bits per heavy atom. The summed E-state index contributed by atoms with van der Waals surface area (Å²) in [6, 6.07) is 9.22. The van der Waals surface area contributed by atoms with Gasteiger partial charge in [0.1, 0.15) is 5.82 Å². The maximum absolute atomic E-state index is 13.0. The Kier molecular flexibility index (Phi) is 4.23. The second kappa shape index (κ2) is 6.69. The summed E-state index contributed by atoms with van der Waals surface area (Å²) in [5.74, 6) is -0.331. The van der Waals surface area contributed by atoms with Crippen LogP contribution in [0.1, 0.15) is 24.7 Å². The van der Waals surface area contributed by atoms with Crippen LogP contribution in [0.15, 0.2) is 42.9 Å². The number of aliphatic hydroxyl groups excluding tert-OH is 1. The van der Waals surface area contributed by atoms with E-state index in [1.54, 1.807) is 6.33 Å². The van der Waals surface area contributed by atoms with Crippen LogP contribution < -0.4 is 4.90 Å². The van der Waals surface area contributed by atoms with Crippen LogP contribution in [0, 0.1) is 11.8 Å². The second-order valence-electron chi connectivity index (χ2n) is 7.91. The van der Waals surface area contributed by atoms with Crippen molar-refractivity contribution in [2.75, 3.05) is 18.0 Å². The van der Waals surface area contributed by atoms with Crippen molar-refractivity contribution in [2.45, 2.75) is 31.2 Å². The molecule has 1 N–H and O–H groups in total. The molecule has 2 aromatic heterocycles. The van der Waals surface area contributed by atoms with Crippen molar-refractivity contribution in [2.24, 2.45) is 11.8 Å². The summed E-state index contributed by atoms with van der Waals surface area (Å²) in [5, 5.41) is 10.8.